The number of benzene rings is 1. The normalized spacial score (nSPS) is 14.7. The minimum atomic E-state index is -0.689. The average Bonchev–Trinajstić information content (AvgIpc) is 2.79. The van der Waals surface area contributed by atoms with Gasteiger partial charge in [0.1, 0.15) is 0 Å². The molecule has 3 heterocycles. The number of pyridine rings is 1. The fourth-order valence-electron chi connectivity index (χ4n) is 4.06. The number of aromatic nitrogens is 3. The number of halogens is 1. The summed E-state index contributed by atoms with van der Waals surface area (Å²) < 4.78 is 14.7. The number of anilines is 1. The monoisotopic (exact) mass is 440 g/mol. The third-order valence-electron chi connectivity index (χ3n) is 5.76. The Kier molecular flexibility index (Phi) is 6.04. The Morgan fingerprint density at radius 3 is 2.59 bits per heavy atom. The molecule has 0 atom stereocenters. The summed E-state index contributed by atoms with van der Waals surface area (Å²) in [6, 6.07) is 8.35. The van der Waals surface area contributed by atoms with Crippen LogP contribution in [0.5, 0.6) is 0 Å². The Morgan fingerprint density at radius 1 is 1.16 bits per heavy atom. The Balaban J connectivity index is 1.48. The quantitative estimate of drug-likeness (QED) is 0.572. The molecule has 9 nitrogen and oxygen atoms in total. The van der Waals surface area contributed by atoms with Gasteiger partial charge in [-0.1, -0.05) is 6.07 Å². The Hall–Kier alpha value is -3.53. The number of piperazine rings is 1. The number of hydrogen-bond donors (Lipinski definition) is 2. The molecule has 2 N–H and O–H groups in total. The van der Waals surface area contributed by atoms with Crippen LogP contribution in [0.2, 0.25) is 0 Å². The zero-order chi connectivity index (χ0) is 22.8. The van der Waals surface area contributed by atoms with Crippen molar-refractivity contribution >= 4 is 22.5 Å². The van der Waals surface area contributed by atoms with Crippen LogP contribution >= 0.6 is 0 Å². The molecular formula is C22H25FN6O3. The van der Waals surface area contributed by atoms with Crippen molar-refractivity contribution in [1.82, 2.24) is 24.8 Å². The molecule has 32 heavy (non-hydrogen) atoms. The van der Waals surface area contributed by atoms with Gasteiger partial charge in [0.05, 0.1) is 16.6 Å². The molecule has 0 spiro atoms. The molecule has 0 bridgehead atoms. The van der Waals surface area contributed by atoms with Gasteiger partial charge >= 0.3 is 5.69 Å². The SMILES string of the molecule is CCn1c(=O)[nH]c2cc(CN3CCN(c4ccc(F)nc4C(=O)NC)CC3)ccc2c1=O. The summed E-state index contributed by atoms with van der Waals surface area (Å²) in [6.45, 7) is 5.52. The number of fused-ring (bicyclic) bond motifs is 1. The van der Waals surface area contributed by atoms with E-state index in [0.29, 0.717) is 42.8 Å². The molecule has 1 fully saturated rings. The molecular weight excluding hydrogens is 415 g/mol. The number of aromatic amines is 1. The second kappa shape index (κ2) is 8.91. The molecule has 1 amide bonds. The van der Waals surface area contributed by atoms with Gasteiger partial charge in [0, 0.05) is 46.3 Å². The number of rotatable bonds is 5. The van der Waals surface area contributed by atoms with Gasteiger partial charge in [0.2, 0.25) is 5.95 Å². The molecule has 1 aliphatic rings. The lowest BCUT2D eigenvalue weighted by Gasteiger charge is -2.36. The summed E-state index contributed by atoms with van der Waals surface area (Å²) in [5.74, 6) is -1.11. The molecule has 0 aliphatic carbocycles. The van der Waals surface area contributed by atoms with E-state index in [1.807, 2.05) is 17.0 Å². The van der Waals surface area contributed by atoms with Gasteiger partial charge in [-0.15, -0.1) is 0 Å². The van der Waals surface area contributed by atoms with E-state index in [0.717, 1.165) is 18.7 Å². The summed E-state index contributed by atoms with van der Waals surface area (Å²) >= 11 is 0. The minimum absolute atomic E-state index is 0.0807. The number of nitrogens with zero attached hydrogens (tertiary/aromatic N) is 4. The molecule has 0 unspecified atom stereocenters. The van der Waals surface area contributed by atoms with Crippen molar-refractivity contribution in [2.45, 2.75) is 20.0 Å². The lowest BCUT2D eigenvalue weighted by Crippen LogP contribution is -2.46. The molecule has 168 valence electrons. The van der Waals surface area contributed by atoms with Crippen molar-refractivity contribution in [2.24, 2.45) is 0 Å². The van der Waals surface area contributed by atoms with Crippen molar-refractivity contribution in [2.75, 3.05) is 38.1 Å². The Labute approximate surface area is 183 Å². The van der Waals surface area contributed by atoms with Gasteiger partial charge in [-0.05, 0) is 36.8 Å². The van der Waals surface area contributed by atoms with Crippen LogP contribution in [0.1, 0.15) is 23.0 Å². The molecule has 3 aromatic rings. The van der Waals surface area contributed by atoms with E-state index in [4.69, 9.17) is 0 Å². The molecule has 4 rings (SSSR count). The zero-order valence-electron chi connectivity index (χ0n) is 18.0. The summed E-state index contributed by atoms with van der Waals surface area (Å²) in [6.07, 6.45) is 0. The van der Waals surface area contributed by atoms with E-state index in [1.165, 1.54) is 17.7 Å². The lowest BCUT2D eigenvalue weighted by atomic mass is 10.1. The highest BCUT2D eigenvalue weighted by atomic mass is 19.1. The van der Waals surface area contributed by atoms with Gasteiger partial charge in [-0.2, -0.15) is 4.39 Å². The van der Waals surface area contributed by atoms with Gasteiger partial charge in [-0.3, -0.25) is 19.1 Å². The van der Waals surface area contributed by atoms with Crippen molar-refractivity contribution in [3.05, 3.63) is 68.4 Å². The summed E-state index contributed by atoms with van der Waals surface area (Å²) in [4.78, 5) is 47.5. The van der Waals surface area contributed by atoms with Gasteiger partial charge in [-0.25, -0.2) is 9.78 Å². The number of hydrogen-bond acceptors (Lipinski definition) is 6. The predicted octanol–water partition coefficient (Wildman–Crippen LogP) is 0.926. The maximum absolute atomic E-state index is 13.6. The smallest absolute Gasteiger partial charge is 0.328 e. The zero-order valence-corrected chi connectivity index (χ0v) is 18.0. The number of H-pyrrole nitrogens is 1. The topological polar surface area (TPSA) is 103 Å². The highest BCUT2D eigenvalue weighted by Gasteiger charge is 2.23. The van der Waals surface area contributed by atoms with E-state index in [9.17, 15) is 18.8 Å². The fourth-order valence-corrected chi connectivity index (χ4v) is 4.06. The van der Waals surface area contributed by atoms with Crippen LogP contribution < -0.4 is 21.5 Å². The lowest BCUT2D eigenvalue weighted by molar-refractivity contribution is 0.0957. The minimum Gasteiger partial charge on any atom is -0.367 e. The van der Waals surface area contributed by atoms with Gasteiger partial charge in [0.25, 0.3) is 11.5 Å². The van der Waals surface area contributed by atoms with Crippen molar-refractivity contribution < 1.29 is 9.18 Å². The predicted molar refractivity (Wildman–Crippen MR) is 120 cm³/mol. The van der Waals surface area contributed by atoms with Crippen LogP contribution in [-0.4, -0.2) is 58.6 Å². The van der Waals surface area contributed by atoms with E-state index in [1.54, 1.807) is 19.1 Å². The maximum atomic E-state index is 13.6. The number of carbonyl (C=O) groups excluding carboxylic acids is 1. The number of nitrogens with one attached hydrogen (secondary N) is 2. The van der Waals surface area contributed by atoms with Crippen LogP contribution in [0.25, 0.3) is 10.9 Å². The third-order valence-corrected chi connectivity index (χ3v) is 5.76. The highest BCUT2D eigenvalue weighted by molar-refractivity contribution is 5.97. The maximum Gasteiger partial charge on any atom is 0.328 e. The molecule has 10 heteroatoms. The second-order valence-corrected chi connectivity index (χ2v) is 7.70. The van der Waals surface area contributed by atoms with Crippen LogP contribution in [0, 0.1) is 5.95 Å². The Bertz CT molecular complexity index is 1280. The summed E-state index contributed by atoms with van der Waals surface area (Å²) in [5.41, 5.74) is 1.53. The third kappa shape index (κ3) is 4.13. The van der Waals surface area contributed by atoms with Gasteiger partial charge in [0.15, 0.2) is 5.69 Å². The van der Waals surface area contributed by atoms with Crippen molar-refractivity contribution in [1.29, 1.82) is 0 Å². The van der Waals surface area contributed by atoms with E-state index in [2.05, 4.69) is 20.2 Å². The molecule has 1 saturated heterocycles. The van der Waals surface area contributed by atoms with Crippen LogP contribution in [-0.2, 0) is 13.1 Å². The highest BCUT2D eigenvalue weighted by Crippen LogP contribution is 2.22. The molecule has 0 radical (unpaired) electrons. The first-order valence-electron chi connectivity index (χ1n) is 10.5. The molecule has 0 saturated carbocycles. The fraction of sp³-hybridized carbons (Fsp3) is 0.364. The van der Waals surface area contributed by atoms with E-state index in [-0.39, 0.29) is 11.3 Å². The first-order chi connectivity index (χ1) is 15.4. The molecule has 1 aliphatic heterocycles. The molecule has 1 aromatic carbocycles. The van der Waals surface area contributed by atoms with E-state index >= 15 is 0 Å². The number of carbonyl (C=O) groups is 1. The second-order valence-electron chi connectivity index (χ2n) is 7.70. The van der Waals surface area contributed by atoms with Crippen LogP contribution in [0.3, 0.4) is 0 Å². The van der Waals surface area contributed by atoms with E-state index < -0.39 is 17.5 Å². The number of amides is 1. The van der Waals surface area contributed by atoms with Gasteiger partial charge < -0.3 is 15.2 Å². The van der Waals surface area contributed by atoms with Crippen LogP contribution in [0.15, 0.2) is 39.9 Å². The summed E-state index contributed by atoms with van der Waals surface area (Å²) in [5, 5.41) is 3.00. The largest absolute Gasteiger partial charge is 0.367 e. The first-order valence-corrected chi connectivity index (χ1v) is 10.5. The molecule has 2 aromatic heterocycles. The standard InChI is InChI=1S/C22H25FN6O3/c1-3-29-21(31)15-5-4-14(12-16(15)25-22(29)32)13-27-8-10-28(11-9-27)17-6-7-18(23)26-19(17)20(30)24-2/h4-7,12H,3,8-11,13H2,1-2H3,(H,24,30)(H,25,32). The van der Waals surface area contributed by atoms with Crippen LogP contribution in [0.4, 0.5) is 10.1 Å². The average molecular weight is 440 g/mol. The first kappa shape index (κ1) is 21.7. The van der Waals surface area contributed by atoms with Crippen molar-refractivity contribution in [3.8, 4) is 0 Å². The Morgan fingerprint density at radius 2 is 1.91 bits per heavy atom. The summed E-state index contributed by atoms with van der Waals surface area (Å²) in [7, 11) is 1.49. The van der Waals surface area contributed by atoms with Crippen molar-refractivity contribution in [3.63, 3.8) is 0 Å².